The number of rotatable bonds is 3. The average Bonchev–Trinajstić information content (AvgIpc) is 3.27. The number of aromatic nitrogens is 4. The van der Waals surface area contributed by atoms with Crippen LogP contribution in [0.3, 0.4) is 0 Å². The quantitative estimate of drug-likeness (QED) is 0.644. The lowest BCUT2D eigenvalue weighted by molar-refractivity contribution is 0.0491. The molecule has 1 amide bonds. The average molecular weight is 419 g/mol. The second-order valence-corrected chi connectivity index (χ2v) is 8.62. The molecule has 0 N–H and O–H groups in total. The highest BCUT2D eigenvalue weighted by atomic mass is 16.6. The minimum absolute atomic E-state index is 0.106. The van der Waals surface area contributed by atoms with Crippen LogP contribution in [-0.2, 0) is 24.9 Å². The number of nitrogens with zero attached hydrogens (tertiary/aromatic N) is 7. The number of pyridine rings is 1. The molecule has 3 aromatic rings. The van der Waals surface area contributed by atoms with E-state index in [1.807, 2.05) is 37.0 Å². The van der Waals surface area contributed by atoms with Crippen LogP contribution in [0.5, 0.6) is 0 Å². The molecule has 3 aromatic heterocycles. The summed E-state index contributed by atoms with van der Waals surface area (Å²) >= 11 is 0. The molecule has 0 unspecified atom stereocenters. The molecule has 6 rings (SSSR count). The van der Waals surface area contributed by atoms with Gasteiger partial charge in [0.15, 0.2) is 0 Å². The topological polar surface area (TPSA) is 79.6 Å². The number of carbonyl (C=O) groups excluding carboxylic acids is 1. The molecule has 2 saturated heterocycles. The van der Waals surface area contributed by atoms with Gasteiger partial charge in [0.05, 0.1) is 31.9 Å². The normalized spacial score (nSPS) is 18.2. The summed E-state index contributed by atoms with van der Waals surface area (Å²) < 4.78 is 7.82. The van der Waals surface area contributed by atoms with E-state index in [1.165, 1.54) is 6.42 Å². The lowest BCUT2D eigenvalue weighted by Gasteiger charge is -2.40. The maximum absolute atomic E-state index is 12.8. The van der Waals surface area contributed by atoms with Gasteiger partial charge in [0.1, 0.15) is 23.4 Å². The predicted octanol–water partition coefficient (Wildman–Crippen LogP) is 2.22. The van der Waals surface area contributed by atoms with Gasteiger partial charge in [-0.05, 0) is 25.5 Å². The van der Waals surface area contributed by atoms with Crippen LogP contribution in [0, 0.1) is 6.92 Å². The van der Waals surface area contributed by atoms with E-state index < -0.39 is 0 Å². The van der Waals surface area contributed by atoms with Crippen molar-refractivity contribution in [2.24, 2.45) is 7.05 Å². The Hall–Kier alpha value is -3.36. The van der Waals surface area contributed by atoms with E-state index in [0.717, 1.165) is 52.7 Å². The van der Waals surface area contributed by atoms with Gasteiger partial charge >= 0.3 is 6.09 Å². The third kappa shape index (κ3) is 2.98. The fourth-order valence-corrected chi connectivity index (χ4v) is 4.63. The van der Waals surface area contributed by atoms with Crippen molar-refractivity contribution in [3.63, 3.8) is 0 Å². The first-order chi connectivity index (χ1) is 15.1. The SMILES string of the molecule is Cc1nc2c(c(N3CCC3)n1)CN(C(=O)OC1CN(c3ccnc4c3ccn4C)C1)C2. The molecule has 0 aromatic carbocycles. The zero-order valence-electron chi connectivity index (χ0n) is 17.8. The van der Waals surface area contributed by atoms with Gasteiger partial charge in [-0.1, -0.05) is 0 Å². The number of carbonyl (C=O) groups is 1. The van der Waals surface area contributed by atoms with Crippen molar-refractivity contribution in [3.8, 4) is 0 Å². The first-order valence-electron chi connectivity index (χ1n) is 10.8. The maximum atomic E-state index is 12.8. The summed E-state index contributed by atoms with van der Waals surface area (Å²) in [5.41, 5.74) is 4.11. The van der Waals surface area contributed by atoms with E-state index in [0.29, 0.717) is 26.2 Å². The Bertz CT molecular complexity index is 1180. The molecule has 2 fully saturated rings. The molecule has 6 heterocycles. The molecule has 3 aliphatic rings. The van der Waals surface area contributed by atoms with Crippen molar-refractivity contribution in [1.82, 2.24) is 24.4 Å². The van der Waals surface area contributed by atoms with E-state index in [-0.39, 0.29) is 12.2 Å². The zero-order valence-corrected chi connectivity index (χ0v) is 17.8. The molecule has 0 radical (unpaired) electrons. The molecule has 3 aliphatic heterocycles. The fourth-order valence-electron chi connectivity index (χ4n) is 4.63. The minimum atomic E-state index is -0.269. The Morgan fingerprint density at radius 1 is 1.13 bits per heavy atom. The van der Waals surface area contributed by atoms with Crippen LogP contribution in [0.25, 0.3) is 11.0 Å². The summed E-state index contributed by atoms with van der Waals surface area (Å²) in [4.78, 5) is 32.8. The van der Waals surface area contributed by atoms with Crippen LogP contribution in [0.15, 0.2) is 24.5 Å². The van der Waals surface area contributed by atoms with E-state index in [1.54, 1.807) is 4.90 Å². The predicted molar refractivity (Wildman–Crippen MR) is 116 cm³/mol. The number of fused-ring (bicyclic) bond motifs is 2. The van der Waals surface area contributed by atoms with E-state index in [2.05, 4.69) is 30.8 Å². The van der Waals surface area contributed by atoms with E-state index in [9.17, 15) is 4.79 Å². The highest BCUT2D eigenvalue weighted by Crippen LogP contribution is 2.33. The van der Waals surface area contributed by atoms with Crippen molar-refractivity contribution in [2.45, 2.75) is 32.5 Å². The summed E-state index contributed by atoms with van der Waals surface area (Å²) in [5, 5.41) is 1.12. The second-order valence-electron chi connectivity index (χ2n) is 8.62. The number of hydrogen-bond donors (Lipinski definition) is 0. The number of amides is 1. The van der Waals surface area contributed by atoms with Gasteiger partial charge in [-0.2, -0.15) is 0 Å². The van der Waals surface area contributed by atoms with Crippen LogP contribution in [-0.4, -0.2) is 62.8 Å². The zero-order chi connectivity index (χ0) is 21.1. The van der Waals surface area contributed by atoms with E-state index in [4.69, 9.17) is 4.74 Å². The van der Waals surface area contributed by atoms with Gasteiger partial charge in [0.25, 0.3) is 0 Å². The lowest BCUT2D eigenvalue weighted by atomic mass is 10.1. The lowest BCUT2D eigenvalue weighted by Crippen LogP contribution is -2.54. The van der Waals surface area contributed by atoms with E-state index >= 15 is 0 Å². The van der Waals surface area contributed by atoms with Gasteiger partial charge in [0, 0.05) is 49.2 Å². The Labute approximate surface area is 180 Å². The third-order valence-corrected chi connectivity index (χ3v) is 6.49. The molecule has 0 saturated carbocycles. The van der Waals surface area contributed by atoms with Gasteiger partial charge in [-0.15, -0.1) is 0 Å². The molecule has 0 aliphatic carbocycles. The Balaban J connectivity index is 1.11. The van der Waals surface area contributed by atoms with Gasteiger partial charge in [-0.25, -0.2) is 19.7 Å². The van der Waals surface area contributed by atoms with Crippen molar-refractivity contribution in [1.29, 1.82) is 0 Å². The Kier molecular flexibility index (Phi) is 4.06. The van der Waals surface area contributed by atoms with Crippen LogP contribution in [0.4, 0.5) is 16.3 Å². The third-order valence-electron chi connectivity index (χ3n) is 6.49. The fraction of sp³-hybridized carbons (Fsp3) is 0.455. The van der Waals surface area contributed by atoms with Crippen molar-refractivity contribution in [2.75, 3.05) is 36.0 Å². The first-order valence-corrected chi connectivity index (χ1v) is 10.8. The first kappa shape index (κ1) is 18.4. The second kappa shape index (κ2) is 6.83. The summed E-state index contributed by atoms with van der Waals surface area (Å²) in [5.74, 6) is 1.75. The highest BCUT2D eigenvalue weighted by molar-refractivity contribution is 5.90. The van der Waals surface area contributed by atoms with Gasteiger partial charge in [-0.3, -0.25) is 4.90 Å². The van der Waals surface area contributed by atoms with Crippen molar-refractivity contribution < 1.29 is 9.53 Å². The molecule has 9 nitrogen and oxygen atoms in total. The van der Waals surface area contributed by atoms with Gasteiger partial charge < -0.3 is 19.1 Å². The Morgan fingerprint density at radius 2 is 1.97 bits per heavy atom. The standard InChI is InChI=1S/C22H25N7O2/c1-14-24-18-13-29(12-17(18)21(25-14)27-7-3-8-27)22(30)31-15-10-28(11-15)19-4-6-23-20-16(19)5-9-26(20)2/h4-6,9,15H,3,7-8,10-13H2,1-2H3. The number of aryl methyl sites for hydroxylation is 2. The smallest absolute Gasteiger partial charge is 0.410 e. The molecule has 0 spiro atoms. The molecular weight excluding hydrogens is 394 g/mol. The summed E-state index contributed by atoms with van der Waals surface area (Å²) in [6.45, 7) is 6.35. The van der Waals surface area contributed by atoms with Crippen LogP contribution in [0.2, 0.25) is 0 Å². The summed E-state index contributed by atoms with van der Waals surface area (Å²) in [6.07, 6.45) is 4.66. The van der Waals surface area contributed by atoms with Gasteiger partial charge in [0.2, 0.25) is 0 Å². The number of ether oxygens (including phenoxy) is 1. The summed E-state index contributed by atoms with van der Waals surface area (Å²) in [7, 11) is 1.99. The molecule has 160 valence electrons. The molecule has 0 bridgehead atoms. The highest BCUT2D eigenvalue weighted by Gasteiger charge is 2.36. The van der Waals surface area contributed by atoms with Crippen LogP contribution >= 0.6 is 0 Å². The monoisotopic (exact) mass is 419 g/mol. The maximum Gasteiger partial charge on any atom is 0.410 e. The van der Waals surface area contributed by atoms with Crippen molar-refractivity contribution in [3.05, 3.63) is 41.6 Å². The van der Waals surface area contributed by atoms with Crippen molar-refractivity contribution >= 4 is 28.6 Å². The molecule has 0 atom stereocenters. The largest absolute Gasteiger partial charge is 0.442 e. The Morgan fingerprint density at radius 3 is 2.74 bits per heavy atom. The summed E-state index contributed by atoms with van der Waals surface area (Å²) in [6, 6.07) is 4.10. The van der Waals surface area contributed by atoms with Crippen LogP contribution in [0.1, 0.15) is 23.5 Å². The molecular formula is C22H25N7O2. The minimum Gasteiger partial charge on any atom is -0.442 e. The molecule has 9 heteroatoms. The molecule has 31 heavy (non-hydrogen) atoms. The number of anilines is 2. The van der Waals surface area contributed by atoms with Crippen LogP contribution < -0.4 is 9.80 Å². The number of hydrogen-bond acceptors (Lipinski definition) is 7.